The van der Waals surface area contributed by atoms with Gasteiger partial charge < -0.3 is 38.6 Å². The Bertz CT molecular complexity index is 2900. The van der Waals surface area contributed by atoms with E-state index in [0.717, 1.165) is 94.6 Å². The Kier molecular flexibility index (Phi) is 13.5. The number of nitrogens with one attached hydrogen (secondary N) is 1. The molecular formula is C53H60N8O7S. The Morgan fingerprint density at radius 1 is 0.870 bits per heavy atom. The minimum absolute atomic E-state index is 0.0600. The first-order valence-electron chi connectivity index (χ1n) is 24.2. The van der Waals surface area contributed by atoms with Crippen molar-refractivity contribution in [1.29, 1.82) is 0 Å². The fraction of sp³-hybridized carbons (Fsp3) is 0.434. The zero-order chi connectivity index (χ0) is 47.8. The highest BCUT2D eigenvalue weighted by atomic mass is 32.1. The van der Waals surface area contributed by atoms with Crippen molar-refractivity contribution in [2.24, 2.45) is 13.0 Å². The molecule has 15 nitrogen and oxygen atoms in total. The first-order valence-corrected chi connectivity index (χ1v) is 25.1. The average molecular weight is 953 g/mol. The molecule has 2 saturated heterocycles. The number of ether oxygens (including phenoxy) is 3. The molecule has 7 aromatic rings. The average Bonchev–Trinajstić information content (AvgIpc) is 4.15. The van der Waals surface area contributed by atoms with Gasteiger partial charge in [0.05, 0.1) is 46.0 Å². The van der Waals surface area contributed by atoms with Gasteiger partial charge in [-0.3, -0.25) is 19.5 Å². The molecule has 3 aliphatic rings. The van der Waals surface area contributed by atoms with Gasteiger partial charge in [0.25, 0.3) is 5.88 Å². The Morgan fingerprint density at radius 2 is 1.65 bits per heavy atom. The summed E-state index contributed by atoms with van der Waals surface area (Å²) in [5.41, 5.74) is 9.30. The molecule has 0 bridgehead atoms. The number of amides is 2. The van der Waals surface area contributed by atoms with E-state index in [1.165, 1.54) is 10.3 Å². The van der Waals surface area contributed by atoms with Gasteiger partial charge in [-0.15, -0.1) is 11.3 Å². The second kappa shape index (κ2) is 20.0. The number of β-amino-alcohol motifs (C(OH)–C–C–N with tert-alkyl or cyclic N) is 1. The molecule has 2 N–H and O–H groups in total. The lowest BCUT2D eigenvalue weighted by Crippen LogP contribution is -2.48. The van der Waals surface area contributed by atoms with Crippen LogP contribution in [-0.2, 0) is 21.4 Å². The van der Waals surface area contributed by atoms with Crippen LogP contribution in [0.25, 0.3) is 43.4 Å². The molecule has 69 heavy (non-hydrogen) atoms. The molecule has 10 rings (SSSR count). The molecule has 0 unspecified atom stereocenters. The molecule has 1 saturated carbocycles. The summed E-state index contributed by atoms with van der Waals surface area (Å²) >= 11 is 1.59. The summed E-state index contributed by atoms with van der Waals surface area (Å²) in [5, 5.41) is 20.3. The van der Waals surface area contributed by atoms with Crippen LogP contribution in [0.5, 0.6) is 11.8 Å². The fourth-order valence-corrected chi connectivity index (χ4v) is 11.0. The minimum atomic E-state index is -0.821. The van der Waals surface area contributed by atoms with E-state index >= 15 is 0 Å². The fourth-order valence-electron chi connectivity index (χ4n) is 10.2. The summed E-state index contributed by atoms with van der Waals surface area (Å²) in [6, 6.07) is 21.2. The van der Waals surface area contributed by atoms with Gasteiger partial charge in [0.2, 0.25) is 17.7 Å². The number of nitrogens with zero attached hydrogens (tertiary/aromatic N) is 7. The molecule has 1 aliphatic carbocycles. The lowest BCUT2D eigenvalue weighted by molar-refractivity contribution is -0.141. The summed E-state index contributed by atoms with van der Waals surface area (Å²) in [4.78, 5) is 46.2. The number of aliphatic hydroxyl groups is 1. The van der Waals surface area contributed by atoms with Gasteiger partial charge in [-0.25, -0.2) is 9.97 Å². The Balaban J connectivity index is 0.644. The lowest BCUT2D eigenvalue weighted by atomic mass is 9.91. The van der Waals surface area contributed by atoms with E-state index in [9.17, 15) is 14.7 Å². The molecule has 5 aromatic heterocycles. The Morgan fingerprint density at radius 3 is 2.39 bits per heavy atom. The van der Waals surface area contributed by atoms with E-state index in [1.54, 1.807) is 17.4 Å². The minimum Gasteiger partial charge on any atom is -0.474 e. The molecule has 2 aromatic carbocycles. The number of thiazole rings is 1. The van der Waals surface area contributed by atoms with Crippen LogP contribution < -0.4 is 14.8 Å². The number of rotatable bonds is 16. The first kappa shape index (κ1) is 46.5. The standard InChI is InChI=1S/C53H60N8O7S/c1-31(2)50(53(64)61-29-38(62)23-46(61)52(63)57-32(3)34-6-8-35(9-7-34)51-33(4)56-30-69-51)47-26-49(58-68-47)65-21-20-60-18-15-39(16-19-60)66-40-24-41(25-40)67-48-13-11-37(27-55-48)36-10-12-42-43-28-54-17-14-44(43)59(5)45(42)22-36/h6-14,17,22,26-28,30-32,38-41,46,50,62H,15-16,18-21,23-25,29H2,1-5H3,(H,57,63)/t32-,38+,40-,41-,46-,50+/m0/s1. The van der Waals surface area contributed by atoms with Gasteiger partial charge in [0.15, 0.2) is 5.76 Å². The molecule has 0 radical (unpaired) electrons. The highest BCUT2D eigenvalue weighted by molar-refractivity contribution is 7.13. The number of piperidine rings is 1. The van der Waals surface area contributed by atoms with Crippen molar-refractivity contribution in [2.75, 3.05) is 32.8 Å². The second-order valence-electron chi connectivity index (χ2n) is 19.2. The second-order valence-corrected chi connectivity index (χ2v) is 20.1. The highest BCUT2D eigenvalue weighted by Crippen LogP contribution is 2.36. The van der Waals surface area contributed by atoms with Gasteiger partial charge in [-0.05, 0) is 72.7 Å². The summed E-state index contributed by atoms with van der Waals surface area (Å²) in [7, 11) is 2.09. The molecule has 0 spiro atoms. The molecule has 3 fully saturated rings. The summed E-state index contributed by atoms with van der Waals surface area (Å²) < 4.78 is 26.7. The van der Waals surface area contributed by atoms with Crippen LogP contribution in [0.1, 0.15) is 81.9 Å². The predicted molar refractivity (Wildman–Crippen MR) is 264 cm³/mol. The molecule has 360 valence electrons. The number of aryl methyl sites for hydroxylation is 2. The first-order chi connectivity index (χ1) is 33.4. The van der Waals surface area contributed by atoms with E-state index in [-0.39, 0.29) is 55.1 Å². The number of carbonyl (C=O) groups excluding carboxylic acids is 2. The van der Waals surface area contributed by atoms with Crippen molar-refractivity contribution in [2.45, 2.75) is 102 Å². The van der Waals surface area contributed by atoms with Gasteiger partial charge >= 0.3 is 0 Å². The topological polar surface area (TPSA) is 170 Å². The van der Waals surface area contributed by atoms with Crippen LogP contribution in [0.4, 0.5) is 0 Å². The van der Waals surface area contributed by atoms with Crippen LogP contribution in [0, 0.1) is 12.8 Å². The number of hydrogen-bond donors (Lipinski definition) is 2. The maximum atomic E-state index is 14.2. The molecular weight excluding hydrogens is 893 g/mol. The SMILES string of the molecule is Cc1ncsc1-c1ccc([C@H](C)NC(=O)[C@@H]2C[C@@H](O)CN2C(=O)[C@@H](c2cc(OCCN3CCC(O[C@H]4C[C@H](Oc5ccc(-c6ccc7c8cnccc8n(C)c7c6)cn5)C4)CC3)no2)C(C)C)cc1. The van der Waals surface area contributed by atoms with Crippen molar-refractivity contribution in [3.63, 3.8) is 0 Å². The maximum absolute atomic E-state index is 14.2. The van der Waals surface area contributed by atoms with Gasteiger partial charge in [0, 0.05) is 105 Å². The van der Waals surface area contributed by atoms with Crippen LogP contribution in [-0.4, -0.2) is 115 Å². The van der Waals surface area contributed by atoms with Crippen LogP contribution in [0.2, 0.25) is 0 Å². The number of hydrogen-bond acceptors (Lipinski definition) is 13. The van der Waals surface area contributed by atoms with Gasteiger partial charge in [0.1, 0.15) is 24.7 Å². The van der Waals surface area contributed by atoms with Crippen LogP contribution in [0.3, 0.4) is 0 Å². The summed E-state index contributed by atoms with van der Waals surface area (Å²) in [5.74, 6) is -0.157. The monoisotopic (exact) mass is 952 g/mol. The number of benzene rings is 2. The molecule has 4 atom stereocenters. The predicted octanol–water partition coefficient (Wildman–Crippen LogP) is 8.26. The lowest BCUT2D eigenvalue weighted by Gasteiger charge is -2.39. The summed E-state index contributed by atoms with van der Waals surface area (Å²) in [6.07, 6.45) is 9.08. The third-order valence-electron chi connectivity index (χ3n) is 14.2. The van der Waals surface area contributed by atoms with E-state index in [4.69, 9.17) is 18.7 Å². The normalized spacial score (nSPS) is 20.9. The Labute approximate surface area is 405 Å². The zero-order valence-electron chi connectivity index (χ0n) is 39.8. The van der Waals surface area contributed by atoms with E-state index in [1.807, 2.05) is 88.2 Å². The van der Waals surface area contributed by atoms with Crippen molar-refractivity contribution in [3.05, 3.63) is 108 Å². The van der Waals surface area contributed by atoms with Crippen molar-refractivity contribution < 1.29 is 33.4 Å². The molecule has 7 heterocycles. The largest absolute Gasteiger partial charge is 0.474 e. The quantitative estimate of drug-likeness (QED) is 0.0953. The summed E-state index contributed by atoms with van der Waals surface area (Å²) in [6.45, 7) is 10.8. The third kappa shape index (κ3) is 9.98. The molecule has 16 heteroatoms. The number of fused-ring (bicyclic) bond motifs is 3. The number of pyridine rings is 2. The number of aromatic nitrogens is 5. The van der Waals surface area contributed by atoms with Crippen molar-refractivity contribution in [3.8, 4) is 33.3 Å². The number of carbonyl (C=O) groups is 2. The smallest absolute Gasteiger partial charge is 0.254 e. The highest BCUT2D eigenvalue weighted by Gasteiger charge is 2.44. The van der Waals surface area contributed by atoms with E-state index in [2.05, 4.69) is 66.2 Å². The van der Waals surface area contributed by atoms with E-state index < -0.39 is 18.1 Å². The number of aliphatic hydroxyl groups excluding tert-OH is 1. The van der Waals surface area contributed by atoms with Gasteiger partial charge in [-0.1, -0.05) is 50.2 Å². The van der Waals surface area contributed by atoms with Crippen LogP contribution in [0.15, 0.2) is 95.4 Å². The van der Waals surface area contributed by atoms with Crippen LogP contribution >= 0.6 is 11.3 Å². The number of likely N-dealkylation sites (tertiary alicyclic amines) is 2. The van der Waals surface area contributed by atoms with Crippen molar-refractivity contribution >= 4 is 45.0 Å². The third-order valence-corrected chi connectivity index (χ3v) is 15.2. The molecule has 2 amide bonds. The zero-order valence-corrected chi connectivity index (χ0v) is 40.6. The van der Waals surface area contributed by atoms with Crippen molar-refractivity contribution in [1.82, 2.24) is 39.8 Å². The maximum Gasteiger partial charge on any atom is 0.254 e. The van der Waals surface area contributed by atoms with Gasteiger partial charge in [-0.2, -0.15) is 0 Å². The molecule has 2 aliphatic heterocycles. The van der Waals surface area contributed by atoms with E-state index in [0.29, 0.717) is 24.1 Å². The Hall–Kier alpha value is -6.20.